The predicted octanol–water partition coefficient (Wildman–Crippen LogP) is 3.77. The number of hydrogen-bond donors (Lipinski definition) is 0. The molecule has 0 aliphatic carbocycles. The first kappa shape index (κ1) is 14.8. The second kappa shape index (κ2) is 7.85. The highest BCUT2D eigenvalue weighted by atomic mass is 32.1. The lowest BCUT2D eigenvalue weighted by Gasteiger charge is -2.17. The molecule has 0 aliphatic heterocycles. The summed E-state index contributed by atoms with van der Waals surface area (Å²) >= 11 is 1.69. The molecule has 2 aromatic rings. The first-order valence-corrected chi connectivity index (χ1v) is 7.99. The van der Waals surface area contributed by atoms with Crippen molar-refractivity contribution in [2.75, 3.05) is 13.6 Å². The van der Waals surface area contributed by atoms with Crippen LogP contribution in [0.5, 0.6) is 0 Å². The average Bonchev–Trinajstić information content (AvgIpc) is 2.99. The summed E-state index contributed by atoms with van der Waals surface area (Å²) in [6.07, 6.45) is 3.51. The van der Waals surface area contributed by atoms with Gasteiger partial charge in [-0.3, -0.25) is 4.79 Å². The van der Waals surface area contributed by atoms with Gasteiger partial charge in [-0.1, -0.05) is 30.3 Å². The van der Waals surface area contributed by atoms with Crippen LogP contribution in [0.1, 0.15) is 24.0 Å². The molecule has 1 aromatic heterocycles. The molecule has 0 saturated carbocycles. The van der Waals surface area contributed by atoms with Crippen LogP contribution < -0.4 is 0 Å². The zero-order valence-corrected chi connectivity index (χ0v) is 12.7. The molecule has 0 saturated heterocycles. The van der Waals surface area contributed by atoms with Gasteiger partial charge in [-0.2, -0.15) is 11.3 Å². The standard InChI is InChI=1S/C17H21NOS/c1-18(12-5-8-15-6-3-2-4-7-15)17(19)10-9-16-11-13-20-14-16/h2-4,6-7,11,13-14H,5,8-10,12H2,1H3. The number of carbonyl (C=O) groups is 1. The summed E-state index contributed by atoms with van der Waals surface area (Å²) in [6.45, 7) is 0.831. The molecular formula is C17H21NOS. The van der Waals surface area contributed by atoms with Crippen molar-refractivity contribution in [2.45, 2.75) is 25.7 Å². The van der Waals surface area contributed by atoms with Crippen LogP contribution in [0.25, 0.3) is 0 Å². The Morgan fingerprint density at radius 1 is 1.10 bits per heavy atom. The second-order valence-corrected chi connectivity index (χ2v) is 5.82. The van der Waals surface area contributed by atoms with Crippen molar-refractivity contribution in [3.8, 4) is 0 Å². The van der Waals surface area contributed by atoms with Crippen molar-refractivity contribution in [1.82, 2.24) is 4.90 Å². The lowest BCUT2D eigenvalue weighted by molar-refractivity contribution is -0.129. The van der Waals surface area contributed by atoms with Crippen LogP contribution in [0.15, 0.2) is 47.2 Å². The van der Waals surface area contributed by atoms with Gasteiger partial charge in [0.25, 0.3) is 0 Å². The molecule has 0 unspecified atom stereocenters. The molecule has 1 amide bonds. The molecule has 3 heteroatoms. The van der Waals surface area contributed by atoms with Crippen molar-refractivity contribution in [3.63, 3.8) is 0 Å². The van der Waals surface area contributed by atoms with E-state index in [9.17, 15) is 4.79 Å². The Bertz CT molecular complexity index is 507. The Hall–Kier alpha value is -1.61. The Labute approximate surface area is 125 Å². The first-order chi connectivity index (χ1) is 9.75. The molecule has 0 bridgehead atoms. The van der Waals surface area contributed by atoms with Crippen LogP contribution in [0.2, 0.25) is 0 Å². The number of carbonyl (C=O) groups excluding carboxylic acids is 1. The van der Waals surface area contributed by atoms with E-state index in [2.05, 4.69) is 41.1 Å². The Morgan fingerprint density at radius 3 is 2.60 bits per heavy atom. The SMILES string of the molecule is CN(CCCc1ccccc1)C(=O)CCc1ccsc1. The fourth-order valence-electron chi connectivity index (χ4n) is 2.17. The van der Waals surface area contributed by atoms with Crippen molar-refractivity contribution < 1.29 is 4.79 Å². The minimum Gasteiger partial charge on any atom is -0.346 e. The highest BCUT2D eigenvalue weighted by Crippen LogP contribution is 2.09. The normalized spacial score (nSPS) is 10.4. The average molecular weight is 287 g/mol. The fourth-order valence-corrected chi connectivity index (χ4v) is 2.87. The third-order valence-electron chi connectivity index (χ3n) is 3.44. The Kier molecular flexibility index (Phi) is 5.81. The van der Waals surface area contributed by atoms with Gasteiger partial charge in [-0.25, -0.2) is 0 Å². The maximum Gasteiger partial charge on any atom is 0.222 e. The number of aryl methyl sites for hydroxylation is 2. The van der Waals surface area contributed by atoms with Gasteiger partial charge in [0.2, 0.25) is 5.91 Å². The zero-order chi connectivity index (χ0) is 14.2. The summed E-state index contributed by atoms with van der Waals surface area (Å²) in [7, 11) is 1.90. The molecule has 0 spiro atoms. The summed E-state index contributed by atoms with van der Waals surface area (Å²) in [5.41, 5.74) is 2.60. The fraction of sp³-hybridized carbons (Fsp3) is 0.353. The van der Waals surface area contributed by atoms with Crippen LogP contribution in [0.3, 0.4) is 0 Å². The van der Waals surface area contributed by atoms with Crippen molar-refractivity contribution in [3.05, 3.63) is 58.3 Å². The molecule has 0 aliphatic rings. The van der Waals surface area contributed by atoms with Crippen LogP contribution in [-0.2, 0) is 17.6 Å². The van der Waals surface area contributed by atoms with Crippen LogP contribution in [0, 0.1) is 0 Å². The molecule has 0 radical (unpaired) electrons. The summed E-state index contributed by atoms with van der Waals surface area (Å²) in [6, 6.07) is 12.5. The van der Waals surface area contributed by atoms with E-state index >= 15 is 0 Å². The number of benzene rings is 1. The predicted molar refractivity (Wildman–Crippen MR) is 85.0 cm³/mol. The summed E-state index contributed by atoms with van der Waals surface area (Å²) in [4.78, 5) is 13.9. The molecule has 2 nitrogen and oxygen atoms in total. The van der Waals surface area contributed by atoms with Gasteiger partial charge < -0.3 is 4.90 Å². The highest BCUT2D eigenvalue weighted by molar-refractivity contribution is 7.07. The Balaban J connectivity index is 1.66. The van der Waals surface area contributed by atoms with Gasteiger partial charge in [-0.15, -0.1) is 0 Å². The molecule has 1 aromatic carbocycles. The molecule has 20 heavy (non-hydrogen) atoms. The van der Waals surface area contributed by atoms with E-state index in [4.69, 9.17) is 0 Å². The minimum atomic E-state index is 0.240. The summed E-state index contributed by atoms with van der Waals surface area (Å²) in [5.74, 6) is 0.240. The molecule has 106 valence electrons. The van der Waals surface area contributed by atoms with Crippen LogP contribution in [0.4, 0.5) is 0 Å². The van der Waals surface area contributed by atoms with E-state index in [-0.39, 0.29) is 5.91 Å². The van der Waals surface area contributed by atoms with E-state index in [1.807, 2.05) is 18.0 Å². The molecule has 0 fully saturated rings. The minimum absolute atomic E-state index is 0.240. The summed E-state index contributed by atoms with van der Waals surface area (Å²) in [5, 5.41) is 4.17. The van der Waals surface area contributed by atoms with Gasteiger partial charge >= 0.3 is 0 Å². The maximum atomic E-state index is 12.0. The van der Waals surface area contributed by atoms with Gasteiger partial charge in [0.15, 0.2) is 0 Å². The maximum absolute atomic E-state index is 12.0. The first-order valence-electron chi connectivity index (χ1n) is 7.04. The van der Waals surface area contributed by atoms with Crippen molar-refractivity contribution >= 4 is 17.2 Å². The van der Waals surface area contributed by atoms with E-state index in [1.54, 1.807) is 11.3 Å². The largest absolute Gasteiger partial charge is 0.346 e. The van der Waals surface area contributed by atoms with E-state index in [0.29, 0.717) is 6.42 Å². The zero-order valence-electron chi connectivity index (χ0n) is 11.9. The Morgan fingerprint density at radius 2 is 1.90 bits per heavy atom. The van der Waals surface area contributed by atoms with E-state index < -0.39 is 0 Å². The monoisotopic (exact) mass is 287 g/mol. The quantitative estimate of drug-likeness (QED) is 0.759. The lowest BCUT2D eigenvalue weighted by atomic mass is 10.1. The topological polar surface area (TPSA) is 20.3 Å². The third kappa shape index (κ3) is 4.82. The van der Waals surface area contributed by atoms with Gasteiger partial charge in [0.05, 0.1) is 0 Å². The van der Waals surface area contributed by atoms with Crippen molar-refractivity contribution in [1.29, 1.82) is 0 Å². The summed E-state index contributed by atoms with van der Waals surface area (Å²) < 4.78 is 0. The third-order valence-corrected chi connectivity index (χ3v) is 4.17. The van der Waals surface area contributed by atoms with E-state index in [0.717, 1.165) is 25.8 Å². The van der Waals surface area contributed by atoms with Gasteiger partial charge in [0.1, 0.15) is 0 Å². The molecule has 0 atom stereocenters. The molecule has 2 rings (SSSR count). The van der Waals surface area contributed by atoms with Crippen molar-refractivity contribution in [2.24, 2.45) is 0 Å². The number of nitrogens with zero attached hydrogens (tertiary/aromatic N) is 1. The number of rotatable bonds is 7. The number of hydrogen-bond acceptors (Lipinski definition) is 2. The van der Waals surface area contributed by atoms with Crippen LogP contribution >= 0.6 is 11.3 Å². The highest BCUT2D eigenvalue weighted by Gasteiger charge is 2.08. The lowest BCUT2D eigenvalue weighted by Crippen LogP contribution is -2.28. The number of thiophene rings is 1. The molecule has 0 N–H and O–H groups in total. The van der Waals surface area contributed by atoms with Gasteiger partial charge in [0, 0.05) is 20.0 Å². The molecule has 1 heterocycles. The smallest absolute Gasteiger partial charge is 0.222 e. The van der Waals surface area contributed by atoms with Gasteiger partial charge in [-0.05, 0) is 47.2 Å². The van der Waals surface area contributed by atoms with Crippen LogP contribution in [-0.4, -0.2) is 24.4 Å². The molecular weight excluding hydrogens is 266 g/mol. The second-order valence-electron chi connectivity index (χ2n) is 5.04. The van der Waals surface area contributed by atoms with E-state index in [1.165, 1.54) is 11.1 Å². The number of amides is 1.